The van der Waals surface area contributed by atoms with Crippen LogP contribution in [0.15, 0.2) is 29.3 Å². The molecule has 1 aliphatic rings. The molecule has 1 unspecified atom stereocenters. The number of aliphatic imine (C=N–C) groups is 1. The third-order valence-electron chi connectivity index (χ3n) is 5.15. The summed E-state index contributed by atoms with van der Waals surface area (Å²) >= 11 is 1.78. The van der Waals surface area contributed by atoms with E-state index < -0.39 is 0 Å². The van der Waals surface area contributed by atoms with Gasteiger partial charge in [0.05, 0.1) is 16.7 Å². The van der Waals surface area contributed by atoms with E-state index in [9.17, 15) is 0 Å². The van der Waals surface area contributed by atoms with Crippen LogP contribution in [0.3, 0.4) is 0 Å². The highest BCUT2D eigenvalue weighted by molar-refractivity contribution is 7.11. The average Bonchev–Trinajstić information content (AvgIpc) is 3.32. The summed E-state index contributed by atoms with van der Waals surface area (Å²) in [5, 5.41) is 8.07. The average molecular weight is 400 g/mol. The molecule has 1 saturated heterocycles. The Labute approximate surface area is 173 Å². The van der Waals surface area contributed by atoms with E-state index in [0.717, 1.165) is 36.2 Å². The Morgan fingerprint density at radius 1 is 1.29 bits per heavy atom. The summed E-state index contributed by atoms with van der Waals surface area (Å²) in [4.78, 5) is 13.1. The Morgan fingerprint density at radius 3 is 2.75 bits per heavy atom. The normalized spacial score (nSPS) is 15.7. The molecule has 1 atom stereocenters. The molecule has 2 aromatic rings. The first-order chi connectivity index (χ1) is 13.6. The summed E-state index contributed by atoms with van der Waals surface area (Å²) in [6, 6.07) is 9.10. The Bertz CT molecular complexity index is 792. The number of aromatic nitrogens is 1. The van der Waals surface area contributed by atoms with Gasteiger partial charge in [0.2, 0.25) is 0 Å². The highest BCUT2D eigenvalue weighted by Crippen LogP contribution is 2.24. The maximum atomic E-state index is 4.79. The van der Waals surface area contributed by atoms with Gasteiger partial charge in [-0.1, -0.05) is 12.1 Å². The van der Waals surface area contributed by atoms with Gasteiger partial charge in [-0.15, -0.1) is 11.3 Å². The van der Waals surface area contributed by atoms with E-state index in [2.05, 4.69) is 72.5 Å². The van der Waals surface area contributed by atoms with E-state index in [0.29, 0.717) is 0 Å². The number of aryl methyl sites for hydroxylation is 2. The van der Waals surface area contributed by atoms with Crippen molar-refractivity contribution in [3.05, 3.63) is 45.4 Å². The molecular weight excluding hydrogens is 366 g/mol. The Hall–Kier alpha value is -2.08. The molecule has 0 bridgehead atoms. The fourth-order valence-electron chi connectivity index (χ4n) is 3.65. The highest BCUT2D eigenvalue weighted by atomic mass is 32.1. The first kappa shape index (κ1) is 20.6. The van der Waals surface area contributed by atoms with Gasteiger partial charge >= 0.3 is 0 Å². The van der Waals surface area contributed by atoms with Crippen molar-refractivity contribution in [3.63, 3.8) is 0 Å². The Kier molecular flexibility index (Phi) is 7.31. The molecule has 0 radical (unpaired) electrons. The first-order valence-corrected chi connectivity index (χ1v) is 11.2. The topological polar surface area (TPSA) is 52.6 Å². The Morgan fingerprint density at radius 2 is 2.07 bits per heavy atom. The van der Waals surface area contributed by atoms with Gasteiger partial charge in [0.1, 0.15) is 0 Å². The second kappa shape index (κ2) is 9.92. The zero-order valence-electron chi connectivity index (χ0n) is 17.6. The van der Waals surface area contributed by atoms with E-state index >= 15 is 0 Å². The minimum atomic E-state index is 0.202. The number of thiazole rings is 1. The number of guanidine groups is 1. The van der Waals surface area contributed by atoms with Crippen molar-refractivity contribution in [2.45, 2.75) is 53.0 Å². The van der Waals surface area contributed by atoms with Crippen LogP contribution in [0.25, 0.3) is 0 Å². The van der Waals surface area contributed by atoms with Crippen molar-refractivity contribution in [1.82, 2.24) is 15.6 Å². The van der Waals surface area contributed by atoms with Crippen molar-refractivity contribution in [3.8, 4) is 0 Å². The van der Waals surface area contributed by atoms with Gasteiger partial charge in [-0.3, -0.25) is 4.99 Å². The molecule has 0 spiro atoms. The standard InChI is InChI=1S/C22H33N5S/c1-5-23-22(24-12-11-21-17(3)25-18(4)28-21)26-16(2)19-9-8-10-20(15-19)27-13-6-7-14-27/h8-10,15-16H,5-7,11-14H2,1-4H3,(H2,23,24,26). The largest absolute Gasteiger partial charge is 0.372 e. The van der Waals surface area contributed by atoms with Gasteiger partial charge in [0.25, 0.3) is 0 Å². The van der Waals surface area contributed by atoms with Crippen LogP contribution in [0.2, 0.25) is 0 Å². The van der Waals surface area contributed by atoms with Crippen LogP contribution in [-0.2, 0) is 6.42 Å². The SMILES string of the molecule is CCNC(=NCCc1sc(C)nc1C)NC(C)c1cccc(N2CCCC2)c1. The summed E-state index contributed by atoms with van der Waals surface area (Å²) in [5.41, 5.74) is 3.77. The smallest absolute Gasteiger partial charge is 0.191 e. The third-order valence-corrected chi connectivity index (χ3v) is 6.28. The van der Waals surface area contributed by atoms with Gasteiger partial charge in [-0.25, -0.2) is 4.98 Å². The molecule has 0 aliphatic carbocycles. The number of rotatable bonds is 7. The highest BCUT2D eigenvalue weighted by Gasteiger charge is 2.14. The lowest BCUT2D eigenvalue weighted by Crippen LogP contribution is -2.39. The van der Waals surface area contributed by atoms with Crippen LogP contribution in [0, 0.1) is 13.8 Å². The molecule has 1 aromatic heterocycles. The summed E-state index contributed by atoms with van der Waals surface area (Å²) in [5.74, 6) is 0.875. The minimum absolute atomic E-state index is 0.202. The zero-order valence-corrected chi connectivity index (χ0v) is 18.4. The maximum Gasteiger partial charge on any atom is 0.191 e. The van der Waals surface area contributed by atoms with Crippen LogP contribution in [0.4, 0.5) is 5.69 Å². The van der Waals surface area contributed by atoms with Crippen LogP contribution in [0.1, 0.15) is 53.9 Å². The van der Waals surface area contributed by atoms with Crippen LogP contribution < -0.4 is 15.5 Å². The number of benzene rings is 1. The number of anilines is 1. The van der Waals surface area contributed by atoms with Gasteiger partial charge < -0.3 is 15.5 Å². The molecule has 0 amide bonds. The predicted molar refractivity (Wildman–Crippen MR) is 121 cm³/mol. The van der Waals surface area contributed by atoms with E-state index in [-0.39, 0.29) is 6.04 Å². The number of hydrogen-bond acceptors (Lipinski definition) is 4. The molecule has 2 N–H and O–H groups in total. The summed E-state index contributed by atoms with van der Waals surface area (Å²) in [7, 11) is 0. The van der Waals surface area contributed by atoms with E-state index in [4.69, 9.17) is 4.99 Å². The number of nitrogens with one attached hydrogen (secondary N) is 2. The molecule has 152 valence electrons. The fraction of sp³-hybridized carbons (Fsp3) is 0.545. The van der Waals surface area contributed by atoms with Crippen molar-refractivity contribution in [2.75, 3.05) is 31.1 Å². The van der Waals surface area contributed by atoms with Crippen molar-refractivity contribution in [2.24, 2.45) is 4.99 Å². The quantitative estimate of drug-likeness (QED) is 0.541. The molecule has 1 aliphatic heterocycles. The number of hydrogen-bond donors (Lipinski definition) is 2. The van der Waals surface area contributed by atoms with Crippen molar-refractivity contribution in [1.29, 1.82) is 0 Å². The molecule has 5 nitrogen and oxygen atoms in total. The molecule has 2 heterocycles. The van der Waals surface area contributed by atoms with E-state index in [1.54, 1.807) is 11.3 Å². The van der Waals surface area contributed by atoms with Gasteiger partial charge in [0.15, 0.2) is 5.96 Å². The number of nitrogens with zero attached hydrogens (tertiary/aromatic N) is 3. The first-order valence-electron chi connectivity index (χ1n) is 10.4. The second-order valence-corrected chi connectivity index (χ2v) is 8.70. The molecule has 1 aromatic carbocycles. The summed E-state index contributed by atoms with van der Waals surface area (Å²) in [6.45, 7) is 12.4. The van der Waals surface area contributed by atoms with Crippen LogP contribution in [0.5, 0.6) is 0 Å². The van der Waals surface area contributed by atoms with Crippen LogP contribution >= 0.6 is 11.3 Å². The van der Waals surface area contributed by atoms with Gasteiger partial charge in [-0.2, -0.15) is 0 Å². The monoisotopic (exact) mass is 399 g/mol. The lowest BCUT2D eigenvalue weighted by molar-refractivity contribution is 0.686. The van der Waals surface area contributed by atoms with Crippen molar-refractivity contribution >= 4 is 23.0 Å². The lowest BCUT2D eigenvalue weighted by atomic mass is 10.1. The molecule has 28 heavy (non-hydrogen) atoms. The molecular formula is C22H33N5S. The fourth-order valence-corrected chi connectivity index (χ4v) is 4.58. The molecule has 3 rings (SSSR count). The molecule has 0 saturated carbocycles. The van der Waals surface area contributed by atoms with E-state index in [1.165, 1.54) is 42.1 Å². The molecule has 1 fully saturated rings. The summed E-state index contributed by atoms with van der Waals surface area (Å²) < 4.78 is 0. The lowest BCUT2D eigenvalue weighted by Gasteiger charge is -2.22. The van der Waals surface area contributed by atoms with Gasteiger partial charge in [-0.05, 0) is 58.2 Å². The van der Waals surface area contributed by atoms with E-state index in [1.807, 2.05) is 0 Å². The second-order valence-electron chi connectivity index (χ2n) is 7.41. The molecule has 6 heteroatoms. The van der Waals surface area contributed by atoms with Crippen molar-refractivity contribution < 1.29 is 0 Å². The minimum Gasteiger partial charge on any atom is -0.372 e. The third kappa shape index (κ3) is 5.47. The zero-order chi connectivity index (χ0) is 19.9. The van der Waals surface area contributed by atoms with Gasteiger partial charge in [0, 0.05) is 43.2 Å². The van der Waals surface area contributed by atoms with Crippen LogP contribution in [-0.4, -0.2) is 37.1 Å². The predicted octanol–water partition coefficient (Wildman–Crippen LogP) is 4.22. The summed E-state index contributed by atoms with van der Waals surface area (Å²) in [6.07, 6.45) is 3.54. The Balaban J connectivity index is 1.62. The maximum absolute atomic E-state index is 4.79.